The van der Waals surface area contributed by atoms with Crippen molar-refractivity contribution >= 4 is 5.97 Å². The van der Waals surface area contributed by atoms with E-state index in [9.17, 15) is 4.79 Å². The number of aliphatic carboxylic acids is 1. The van der Waals surface area contributed by atoms with E-state index in [1.807, 2.05) is 0 Å². The lowest BCUT2D eigenvalue weighted by Gasteiger charge is -1.98. The minimum Gasteiger partial charge on any atom is -0.481 e. The van der Waals surface area contributed by atoms with Gasteiger partial charge in [0.05, 0.1) is 0 Å². The Balaban J connectivity index is 3.38. The summed E-state index contributed by atoms with van der Waals surface area (Å²) in [6.45, 7) is 2.15. The van der Waals surface area contributed by atoms with Crippen molar-refractivity contribution in [2.45, 2.75) is 84.0 Å². The Kier molecular flexibility index (Phi) is 19.7. The average molecular weight is 359 g/mol. The molecular formula is C24H38O2. The molecule has 0 saturated heterocycles. The van der Waals surface area contributed by atoms with E-state index in [4.69, 9.17) is 5.11 Å². The second-order valence-electron chi connectivity index (χ2n) is 6.41. The van der Waals surface area contributed by atoms with Gasteiger partial charge in [0.25, 0.3) is 0 Å². The first-order valence-electron chi connectivity index (χ1n) is 10.2. The first kappa shape index (κ1) is 24.2. The third kappa shape index (κ3) is 22.2. The van der Waals surface area contributed by atoms with Crippen LogP contribution in [0.15, 0.2) is 60.8 Å². The molecule has 0 aliphatic rings. The molecule has 2 heteroatoms. The Morgan fingerprint density at radius 2 is 1.04 bits per heavy atom. The highest BCUT2D eigenvalue weighted by atomic mass is 16.4. The van der Waals surface area contributed by atoms with E-state index in [0.29, 0.717) is 6.42 Å². The summed E-state index contributed by atoms with van der Waals surface area (Å²) in [4.78, 5) is 10.4. The monoisotopic (exact) mass is 358 g/mol. The van der Waals surface area contributed by atoms with Crippen molar-refractivity contribution in [2.24, 2.45) is 0 Å². The van der Waals surface area contributed by atoms with Gasteiger partial charge in [0.2, 0.25) is 0 Å². The number of rotatable bonds is 17. The van der Waals surface area contributed by atoms with Crippen LogP contribution in [0.3, 0.4) is 0 Å². The molecule has 0 unspecified atom stereocenters. The van der Waals surface area contributed by atoms with E-state index >= 15 is 0 Å². The maximum absolute atomic E-state index is 10.4. The van der Waals surface area contributed by atoms with Gasteiger partial charge in [-0.15, -0.1) is 0 Å². The topological polar surface area (TPSA) is 37.3 Å². The van der Waals surface area contributed by atoms with Crippen LogP contribution >= 0.6 is 0 Å². The summed E-state index contributed by atoms with van der Waals surface area (Å²) < 4.78 is 0. The van der Waals surface area contributed by atoms with Crippen LogP contribution in [0.2, 0.25) is 0 Å². The summed E-state index contributed by atoms with van der Waals surface area (Å²) in [5.74, 6) is -0.677. The number of unbranched alkanes of at least 4 members (excludes halogenated alkanes) is 5. The Morgan fingerprint density at radius 1 is 0.615 bits per heavy atom. The lowest BCUT2D eigenvalue weighted by molar-refractivity contribution is -0.137. The minimum atomic E-state index is -0.677. The molecule has 0 radical (unpaired) electrons. The molecule has 0 heterocycles. The van der Waals surface area contributed by atoms with Gasteiger partial charge >= 0.3 is 5.97 Å². The van der Waals surface area contributed by atoms with Crippen LogP contribution in [-0.2, 0) is 4.79 Å². The molecule has 0 aromatic heterocycles. The standard InChI is InChI=1S/C24H38O2/c1-2-3-4-5-6-7-8-9-10-11-12-13-14-15-16-17-18-19-20-21-22-23-24(25)26/h3-4,6-7,9-10,12-13,15-16H,2,5,8,11,14,17-23H2,1H3,(H,25,26)/b4-3+,7-6+,10-9+,13-12+,16-15+. The zero-order valence-corrected chi connectivity index (χ0v) is 16.6. The van der Waals surface area contributed by atoms with Crippen LogP contribution in [-0.4, -0.2) is 11.1 Å². The highest BCUT2D eigenvalue weighted by Gasteiger charge is 1.95. The van der Waals surface area contributed by atoms with Gasteiger partial charge in [-0.05, 0) is 51.4 Å². The summed E-state index contributed by atoms with van der Waals surface area (Å²) >= 11 is 0. The molecule has 0 aromatic carbocycles. The maximum Gasteiger partial charge on any atom is 0.303 e. The van der Waals surface area contributed by atoms with Gasteiger partial charge in [0.1, 0.15) is 0 Å². The second-order valence-corrected chi connectivity index (χ2v) is 6.41. The van der Waals surface area contributed by atoms with Gasteiger partial charge in [-0.2, -0.15) is 0 Å². The molecule has 2 nitrogen and oxygen atoms in total. The first-order chi connectivity index (χ1) is 12.8. The van der Waals surface area contributed by atoms with Crippen LogP contribution < -0.4 is 0 Å². The third-order valence-electron chi connectivity index (χ3n) is 3.92. The van der Waals surface area contributed by atoms with Crippen molar-refractivity contribution in [3.63, 3.8) is 0 Å². The van der Waals surface area contributed by atoms with Crippen molar-refractivity contribution < 1.29 is 9.90 Å². The predicted octanol–water partition coefficient (Wildman–Crippen LogP) is 7.55. The van der Waals surface area contributed by atoms with Gasteiger partial charge < -0.3 is 5.11 Å². The normalized spacial score (nSPS) is 12.7. The molecule has 0 rings (SSSR count). The molecular weight excluding hydrogens is 320 g/mol. The number of hydrogen-bond donors (Lipinski definition) is 1. The predicted molar refractivity (Wildman–Crippen MR) is 114 cm³/mol. The van der Waals surface area contributed by atoms with E-state index in [-0.39, 0.29) is 0 Å². The zero-order valence-electron chi connectivity index (χ0n) is 16.6. The summed E-state index contributed by atoms with van der Waals surface area (Å²) in [5.41, 5.74) is 0. The van der Waals surface area contributed by atoms with E-state index < -0.39 is 5.97 Å². The van der Waals surface area contributed by atoms with Crippen LogP contribution in [0.25, 0.3) is 0 Å². The van der Waals surface area contributed by atoms with Crippen molar-refractivity contribution in [3.8, 4) is 0 Å². The molecule has 0 aromatic rings. The lowest BCUT2D eigenvalue weighted by Crippen LogP contribution is -1.93. The number of carboxylic acids is 1. The molecule has 26 heavy (non-hydrogen) atoms. The number of hydrogen-bond acceptors (Lipinski definition) is 1. The molecule has 0 aliphatic carbocycles. The average Bonchev–Trinajstić information content (AvgIpc) is 2.62. The first-order valence-corrected chi connectivity index (χ1v) is 10.2. The van der Waals surface area contributed by atoms with Crippen molar-refractivity contribution in [1.82, 2.24) is 0 Å². The molecule has 0 saturated carbocycles. The third-order valence-corrected chi connectivity index (χ3v) is 3.92. The zero-order chi connectivity index (χ0) is 19.1. The van der Waals surface area contributed by atoms with Crippen molar-refractivity contribution in [2.75, 3.05) is 0 Å². The quantitative estimate of drug-likeness (QED) is 0.215. The summed E-state index contributed by atoms with van der Waals surface area (Å²) in [5, 5.41) is 8.55. The fourth-order valence-corrected chi connectivity index (χ4v) is 2.44. The summed E-state index contributed by atoms with van der Waals surface area (Å²) in [6.07, 6.45) is 34.3. The lowest BCUT2D eigenvalue weighted by atomic mass is 10.1. The van der Waals surface area contributed by atoms with E-state index in [0.717, 1.165) is 57.8 Å². The van der Waals surface area contributed by atoms with Gasteiger partial charge in [0, 0.05) is 6.42 Å². The van der Waals surface area contributed by atoms with Crippen LogP contribution in [0, 0.1) is 0 Å². The molecule has 0 spiro atoms. The van der Waals surface area contributed by atoms with Crippen LogP contribution in [0.5, 0.6) is 0 Å². The SMILES string of the molecule is CC/C=C/C/C=C/C/C=C/C/C=C/C/C=C/CCCCCCCC(=O)O. The number of carbonyl (C=O) groups is 1. The van der Waals surface area contributed by atoms with Crippen molar-refractivity contribution in [3.05, 3.63) is 60.8 Å². The molecule has 1 N–H and O–H groups in total. The van der Waals surface area contributed by atoms with Crippen molar-refractivity contribution in [1.29, 1.82) is 0 Å². The number of allylic oxidation sites excluding steroid dienone is 10. The number of carboxylic acid groups (broad SMARTS) is 1. The van der Waals surface area contributed by atoms with Gasteiger partial charge in [-0.3, -0.25) is 4.79 Å². The second kappa shape index (κ2) is 21.2. The Labute approximate surface area is 161 Å². The molecule has 0 fully saturated rings. The van der Waals surface area contributed by atoms with E-state index in [1.165, 1.54) is 12.8 Å². The Hall–Kier alpha value is -1.83. The van der Waals surface area contributed by atoms with Crippen LogP contribution in [0.4, 0.5) is 0 Å². The van der Waals surface area contributed by atoms with Gasteiger partial charge in [-0.1, -0.05) is 86.9 Å². The fourth-order valence-electron chi connectivity index (χ4n) is 2.44. The van der Waals surface area contributed by atoms with E-state index in [1.54, 1.807) is 0 Å². The molecule has 0 aliphatic heterocycles. The smallest absolute Gasteiger partial charge is 0.303 e. The molecule has 0 atom stereocenters. The molecule has 0 bridgehead atoms. The van der Waals surface area contributed by atoms with Crippen LogP contribution in [0.1, 0.15) is 84.0 Å². The fraction of sp³-hybridized carbons (Fsp3) is 0.542. The molecule has 0 amide bonds. The Bertz CT molecular complexity index is 453. The minimum absolute atomic E-state index is 0.314. The van der Waals surface area contributed by atoms with Gasteiger partial charge in [-0.25, -0.2) is 0 Å². The highest BCUT2D eigenvalue weighted by Crippen LogP contribution is 2.07. The van der Waals surface area contributed by atoms with Gasteiger partial charge in [0.15, 0.2) is 0 Å². The Morgan fingerprint density at radius 3 is 1.54 bits per heavy atom. The summed E-state index contributed by atoms with van der Waals surface area (Å²) in [7, 11) is 0. The summed E-state index contributed by atoms with van der Waals surface area (Å²) in [6, 6.07) is 0. The van der Waals surface area contributed by atoms with E-state index in [2.05, 4.69) is 67.7 Å². The largest absolute Gasteiger partial charge is 0.481 e. The maximum atomic E-state index is 10.4. The molecule has 146 valence electrons. The highest BCUT2D eigenvalue weighted by molar-refractivity contribution is 5.66.